The summed E-state index contributed by atoms with van der Waals surface area (Å²) < 4.78 is 0. The van der Waals surface area contributed by atoms with Crippen LogP contribution in [-0.4, -0.2) is 31.1 Å². The molecule has 2 aliphatic heterocycles. The lowest BCUT2D eigenvalue weighted by Gasteiger charge is -2.41. The summed E-state index contributed by atoms with van der Waals surface area (Å²) in [4.78, 5) is 14.6. The van der Waals surface area contributed by atoms with Crippen LogP contribution in [0.5, 0.6) is 0 Å². The first kappa shape index (κ1) is 12.3. The van der Waals surface area contributed by atoms with Crippen LogP contribution in [0, 0.1) is 0 Å². The largest absolute Gasteiger partial charge is 0.381 e. The smallest absolute Gasteiger partial charge is 0.242 e. The van der Waals surface area contributed by atoms with Crippen molar-refractivity contribution in [1.82, 2.24) is 5.32 Å². The maximum Gasteiger partial charge on any atom is 0.242 e. The Balaban J connectivity index is 1.95. The van der Waals surface area contributed by atoms with Gasteiger partial charge in [-0.15, -0.1) is 0 Å². The predicted octanol–water partition coefficient (Wildman–Crippen LogP) is 1.98. The van der Waals surface area contributed by atoms with Gasteiger partial charge in [-0.2, -0.15) is 0 Å². The number of hydrogen-bond acceptors (Lipinski definition) is 3. The van der Waals surface area contributed by atoms with Crippen LogP contribution < -0.4 is 15.5 Å². The topological polar surface area (TPSA) is 44.4 Å². The first-order valence-electron chi connectivity index (χ1n) is 7.16. The fourth-order valence-corrected chi connectivity index (χ4v) is 3.11. The molecule has 1 amide bonds. The lowest BCUT2D eigenvalue weighted by molar-refractivity contribution is -0.122. The van der Waals surface area contributed by atoms with Crippen LogP contribution >= 0.6 is 0 Å². The highest BCUT2D eigenvalue weighted by Crippen LogP contribution is 2.34. The molecule has 4 heteroatoms. The van der Waals surface area contributed by atoms with Crippen molar-refractivity contribution < 1.29 is 4.79 Å². The number of benzene rings is 1. The molecule has 0 aliphatic carbocycles. The van der Waals surface area contributed by atoms with Crippen molar-refractivity contribution >= 4 is 17.3 Å². The van der Waals surface area contributed by atoms with E-state index in [4.69, 9.17) is 0 Å². The Hall–Kier alpha value is -1.71. The highest BCUT2D eigenvalue weighted by molar-refractivity contribution is 5.88. The number of fused-ring (bicyclic) bond motifs is 1. The van der Waals surface area contributed by atoms with Crippen LogP contribution in [0.15, 0.2) is 24.3 Å². The zero-order valence-corrected chi connectivity index (χ0v) is 11.4. The summed E-state index contributed by atoms with van der Waals surface area (Å²) >= 11 is 0. The quantitative estimate of drug-likeness (QED) is 0.810. The van der Waals surface area contributed by atoms with Crippen molar-refractivity contribution in [2.24, 2.45) is 0 Å². The van der Waals surface area contributed by atoms with Gasteiger partial charge < -0.3 is 15.5 Å². The van der Waals surface area contributed by atoms with E-state index in [1.54, 1.807) is 0 Å². The van der Waals surface area contributed by atoms with Gasteiger partial charge in [-0.25, -0.2) is 0 Å². The number of rotatable bonds is 1. The number of amides is 1. The molecule has 0 aromatic heterocycles. The van der Waals surface area contributed by atoms with Crippen molar-refractivity contribution in [1.29, 1.82) is 0 Å². The van der Waals surface area contributed by atoms with Gasteiger partial charge in [0.05, 0.1) is 11.4 Å². The van der Waals surface area contributed by atoms with Crippen molar-refractivity contribution in [3.05, 3.63) is 24.3 Å². The normalized spacial score (nSPS) is 27.0. The number of anilines is 2. The maximum atomic E-state index is 12.3. The van der Waals surface area contributed by atoms with E-state index in [0.717, 1.165) is 43.7 Å². The monoisotopic (exact) mass is 259 g/mol. The molecule has 0 saturated carbocycles. The molecule has 2 N–H and O–H groups in total. The molecule has 2 aliphatic rings. The summed E-state index contributed by atoms with van der Waals surface area (Å²) in [6, 6.07) is 8.58. The Bertz CT molecular complexity index is 474. The van der Waals surface area contributed by atoms with Crippen molar-refractivity contribution in [3.8, 4) is 0 Å². The van der Waals surface area contributed by atoms with Gasteiger partial charge in [0.15, 0.2) is 0 Å². The minimum absolute atomic E-state index is 0.0271. The van der Waals surface area contributed by atoms with Crippen molar-refractivity contribution in [2.45, 2.75) is 38.3 Å². The number of nitrogens with one attached hydrogen (secondary N) is 2. The molecule has 2 unspecified atom stereocenters. The summed E-state index contributed by atoms with van der Waals surface area (Å²) in [5, 5.41) is 6.48. The molecular formula is C15H21N3O. The van der Waals surface area contributed by atoms with Crippen LogP contribution in [0.4, 0.5) is 11.4 Å². The molecule has 1 aromatic carbocycles. The third-order valence-corrected chi connectivity index (χ3v) is 4.09. The Morgan fingerprint density at radius 1 is 1.21 bits per heavy atom. The molecule has 1 saturated heterocycles. The van der Waals surface area contributed by atoms with E-state index in [1.165, 1.54) is 0 Å². The Kier molecular flexibility index (Phi) is 3.32. The standard InChI is InChI=1S/C15H21N3O/c1-11-10-17-12-6-2-3-7-13(12)18(11)14-8-4-5-9-16-15(14)19/h2-3,6-7,11,14,17H,4-5,8-10H2,1H3,(H,16,19). The van der Waals surface area contributed by atoms with Gasteiger partial charge in [0.25, 0.3) is 0 Å². The number of para-hydroxylation sites is 2. The number of carbonyl (C=O) groups excluding carboxylic acids is 1. The van der Waals surface area contributed by atoms with Crippen molar-refractivity contribution in [2.75, 3.05) is 23.3 Å². The van der Waals surface area contributed by atoms with Gasteiger partial charge in [-0.1, -0.05) is 12.1 Å². The van der Waals surface area contributed by atoms with Crippen LogP contribution in [0.25, 0.3) is 0 Å². The van der Waals surface area contributed by atoms with E-state index < -0.39 is 0 Å². The van der Waals surface area contributed by atoms with Crippen LogP contribution in [0.3, 0.4) is 0 Å². The molecule has 19 heavy (non-hydrogen) atoms. The SMILES string of the molecule is CC1CNc2ccccc2N1C1CCCCNC1=O. The van der Waals surface area contributed by atoms with E-state index in [9.17, 15) is 4.79 Å². The van der Waals surface area contributed by atoms with E-state index in [1.807, 2.05) is 12.1 Å². The van der Waals surface area contributed by atoms with Crippen LogP contribution in [-0.2, 0) is 4.79 Å². The third-order valence-electron chi connectivity index (χ3n) is 4.09. The van der Waals surface area contributed by atoms with Crippen LogP contribution in [0.1, 0.15) is 26.2 Å². The molecule has 2 atom stereocenters. The van der Waals surface area contributed by atoms with E-state index in [-0.39, 0.29) is 11.9 Å². The van der Waals surface area contributed by atoms with Gasteiger partial charge >= 0.3 is 0 Å². The fourth-order valence-electron chi connectivity index (χ4n) is 3.11. The molecule has 4 nitrogen and oxygen atoms in total. The predicted molar refractivity (Wildman–Crippen MR) is 77.5 cm³/mol. The third kappa shape index (κ3) is 2.27. The molecule has 102 valence electrons. The molecule has 0 spiro atoms. The Morgan fingerprint density at radius 2 is 2.05 bits per heavy atom. The second-order valence-electron chi connectivity index (χ2n) is 5.46. The average molecular weight is 259 g/mol. The maximum absolute atomic E-state index is 12.3. The number of carbonyl (C=O) groups is 1. The van der Waals surface area contributed by atoms with E-state index in [0.29, 0.717) is 6.04 Å². The zero-order valence-electron chi connectivity index (χ0n) is 11.4. The minimum atomic E-state index is -0.0271. The lowest BCUT2D eigenvalue weighted by Crippen LogP contribution is -2.53. The summed E-state index contributed by atoms with van der Waals surface area (Å²) in [7, 11) is 0. The fraction of sp³-hybridized carbons (Fsp3) is 0.533. The summed E-state index contributed by atoms with van der Waals surface area (Å²) in [6.07, 6.45) is 3.15. The second-order valence-corrected chi connectivity index (χ2v) is 5.46. The summed E-state index contributed by atoms with van der Waals surface area (Å²) in [5.74, 6) is 0.182. The van der Waals surface area contributed by atoms with Gasteiger partial charge in [-0.05, 0) is 38.3 Å². The van der Waals surface area contributed by atoms with Gasteiger partial charge in [0.2, 0.25) is 5.91 Å². The molecule has 1 fully saturated rings. The molecule has 2 heterocycles. The molecular weight excluding hydrogens is 238 g/mol. The van der Waals surface area contributed by atoms with Gasteiger partial charge in [0.1, 0.15) is 6.04 Å². The highest BCUT2D eigenvalue weighted by Gasteiger charge is 2.33. The summed E-state index contributed by atoms with van der Waals surface area (Å²) in [5.41, 5.74) is 2.29. The van der Waals surface area contributed by atoms with E-state index >= 15 is 0 Å². The molecule has 1 aromatic rings. The average Bonchev–Trinajstić information content (AvgIpc) is 2.64. The van der Waals surface area contributed by atoms with Gasteiger partial charge in [0, 0.05) is 19.1 Å². The van der Waals surface area contributed by atoms with E-state index in [2.05, 4.69) is 34.6 Å². The highest BCUT2D eigenvalue weighted by atomic mass is 16.2. The van der Waals surface area contributed by atoms with Crippen molar-refractivity contribution in [3.63, 3.8) is 0 Å². The lowest BCUT2D eigenvalue weighted by atomic mass is 10.0. The second kappa shape index (κ2) is 5.11. The van der Waals surface area contributed by atoms with Gasteiger partial charge in [-0.3, -0.25) is 4.79 Å². The number of nitrogens with zero attached hydrogens (tertiary/aromatic N) is 1. The Morgan fingerprint density at radius 3 is 2.95 bits per heavy atom. The minimum Gasteiger partial charge on any atom is -0.381 e. The molecule has 0 bridgehead atoms. The number of hydrogen-bond donors (Lipinski definition) is 2. The molecule has 3 rings (SSSR count). The van der Waals surface area contributed by atoms with Crippen LogP contribution in [0.2, 0.25) is 0 Å². The first-order valence-corrected chi connectivity index (χ1v) is 7.16. The molecule has 0 radical (unpaired) electrons. The first-order chi connectivity index (χ1) is 9.27. The summed E-state index contributed by atoms with van der Waals surface area (Å²) in [6.45, 7) is 3.89. The Labute approximate surface area is 114 Å². The zero-order chi connectivity index (χ0) is 13.2.